The number of benzene rings is 6. The Morgan fingerprint density at radius 1 is 0.363 bits per heavy atom. The number of aryl methyl sites for hydroxylation is 8. The fourth-order valence-electron chi connectivity index (χ4n) is 14.7. The van der Waals surface area contributed by atoms with Crippen LogP contribution in [0.1, 0.15) is 477 Å². The van der Waals surface area contributed by atoms with Crippen molar-refractivity contribution in [3.63, 3.8) is 0 Å². The summed E-state index contributed by atoms with van der Waals surface area (Å²) in [5.41, 5.74) is 16.1. The van der Waals surface area contributed by atoms with Crippen LogP contribution in [0.2, 0.25) is 0 Å². The largest absolute Gasteiger partial charge is 0.0625 e. The maximum absolute atomic E-state index is 8.41. The summed E-state index contributed by atoms with van der Waals surface area (Å²) >= 11 is 0. The highest BCUT2D eigenvalue weighted by molar-refractivity contribution is 5.45. The van der Waals surface area contributed by atoms with E-state index in [1.165, 1.54) is 113 Å². The molecule has 3 saturated carbocycles. The van der Waals surface area contributed by atoms with Gasteiger partial charge < -0.3 is 0 Å². The van der Waals surface area contributed by atoms with Gasteiger partial charge in [-0.25, -0.2) is 0 Å². The van der Waals surface area contributed by atoms with Gasteiger partial charge in [0.05, 0.1) is 0 Å². The molecule has 0 aromatic heterocycles. The Morgan fingerprint density at radius 2 is 0.745 bits per heavy atom. The zero-order chi connectivity index (χ0) is 105. The molecular weight excluding hydrogens is 1230 g/mol. The molecule has 3 aliphatic rings. The van der Waals surface area contributed by atoms with Crippen LogP contribution in [0.5, 0.6) is 0 Å². The summed E-state index contributed by atoms with van der Waals surface area (Å²) in [6.45, 7) is 43.2. The van der Waals surface area contributed by atoms with E-state index >= 15 is 0 Å². The molecule has 3 aliphatic carbocycles. The highest BCUT2D eigenvalue weighted by atomic mass is 14.4. The van der Waals surface area contributed by atoms with E-state index in [0.717, 1.165) is 96.5 Å². The average Bonchev–Trinajstić information content (AvgIpc) is 0.730. The standard InChI is InChI=1S/C17H28.C16H26.C14H22.C13H20.C12H22.C11H22.C10H14.C9H12/c1-11(2)15-9-14(17(6,7)8)10-16(12(3)4)13(15)5;1-10(2)14-8-15(11(3)4)13(7)16(9-14)12(5)6;1-10(2)13-9-12(14(4,5)6)8-7-11(13)3;1-9(2)12-7-6-11(5)13(8-12)10(3)4;1-11-5-9-12(10-6-11)7-3-2-4-8-12;1-9-6-10(2,3)8-11(4,5)7-9;1-7-5-8(2)10(4)9(3)6-7;1-7-4-5-8(2)9(3)6-7/h9-12H,1-8H3;8-12H,1-7H3;7-10H,1-6H3;6-10H,1-5H3;11H,2-10H2,1H3;9H,6-8H2,1-5H3;5-6H,1-4H3;4-6H,1-3H3/i11D,12D;1D3,3D3,5D3,10D,11D,12D;10D;1D3,3D3,9D,10D;11D;9D;2D3;3D3. The Hall–Kier alpha value is -4.68. The molecule has 9 rings (SSSR count). The molecule has 1 spiro atoms. The predicted molar refractivity (Wildman–Crippen MR) is 465 cm³/mol. The van der Waals surface area contributed by atoms with Crippen LogP contribution < -0.4 is 0 Å². The van der Waals surface area contributed by atoms with E-state index in [2.05, 4.69) is 120 Å². The van der Waals surface area contributed by atoms with Gasteiger partial charge in [-0.2, -0.15) is 0 Å². The van der Waals surface area contributed by atoms with Gasteiger partial charge >= 0.3 is 0 Å². The molecule has 5 unspecified atom stereocenters. The van der Waals surface area contributed by atoms with Crippen LogP contribution in [0.25, 0.3) is 0 Å². The van der Waals surface area contributed by atoms with E-state index in [1.807, 2.05) is 101 Å². The van der Waals surface area contributed by atoms with Crippen molar-refractivity contribution in [2.24, 2.45) is 28.0 Å². The fraction of sp³-hybridized carbons (Fsp3) is 0.647. The zero-order valence-corrected chi connectivity index (χ0v) is 70.6. The van der Waals surface area contributed by atoms with E-state index in [9.17, 15) is 0 Å². The molecule has 6 aromatic carbocycles. The van der Waals surface area contributed by atoms with Crippen molar-refractivity contribution in [3.05, 3.63) is 208 Å². The number of hydrogen-bond donors (Lipinski definition) is 0. The van der Waals surface area contributed by atoms with Gasteiger partial charge in [0, 0.05) is 42.5 Å². The summed E-state index contributed by atoms with van der Waals surface area (Å²) in [5.74, 6) is -12.4. The molecule has 0 saturated heterocycles. The molecule has 0 nitrogen and oxygen atoms in total. The number of hydrogen-bond acceptors (Lipinski definition) is 0. The van der Waals surface area contributed by atoms with E-state index in [-0.39, 0.29) is 56.0 Å². The molecule has 0 heteroatoms. The van der Waals surface area contributed by atoms with Gasteiger partial charge in [-0.05, 0) is 313 Å². The maximum atomic E-state index is 8.41. The summed E-state index contributed by atoms with van der Waals surface area (Å²) in [4.78, 5) is 0. The van der Waals surface area contributed by atoms with E-state index < -0.39 is 95.1 Å². The van der Waals surface area contributed by atoms with Gasteiger partial charge in [0.15, 0.2) is 0 Å². The highest BCUT2D eigenvalue weighted by Crippen LogP contribution is 2.50. The Bertz CT molecular complexity index is 4660. The van der Waals surface area contributed by atoms with Gasteiger partial charge in [0.2, 0.25) is 0 Å². The Kier molecular flexibility index (Phi) is 21.9. The lowest BCUT2D eigenvalue weighted by Gasteiger charge is -2.44. The summed E-state index contributed by atoms with van der Waals surface area (Å²) in [6.07, 6.45) is 15.6. The minimum atomic E-state index is -2.80. The van der Waals surface area contributed by atoms with Crippen molar-refractivity contribution in [2.45, 2.75) is 405 Å². The molecular formula is C102H166. The van der Waals surface area contributed by atoms with Crippen molar-refractivity contribution in [3.8, 4) is 0 Å². The molecule has 5 atom stereocenters. The van der Waals surface area contributed by atoms with Crippen LogP contribution in [0.4, 0.5) is 0 Å². The molecule has 102 heavy (non-hydrogen) atoms. The second kappa shape index (κ2) is 41.4. The summed E-state index contributed by atoms with van der Waals surface area (Å²) in [7, 11) is 0. The average molecular weight is 1420 g/mol. The fourth-order valence-corrected chi connectivity index (χ4v) is 14.7. The predicted octanol–water partition coefficient (Wildman–Crippen LogP) is 33.1. The minimum absolute atomic E-state index is 0.0354. The third-order valence-corrected chi connectivity index (χ3v) is 20.5. The van der Waals surface area contributed by atoms with Crippen LogP contribution in [-0.4, -0.2) is 0 Å². The molecule has 0 radical (unpaired) electrons. The van der Waals surface area contributed by atoms with Crippen LogP contribution in [0, 0.1) is 104 Å². The van der Waals surface area contributed by atoms with Crippen molar-refractivity contribution in [1.29, 1.82) is 0 Å². The number of rotatable bonds is 8. The first-order valence-corrected chi connectivity index (χ1v) is 37.7. The highest BCUT2D eigenvalue weighted by Gasteiger charge is 2.37. The Morgan fingerprint density at radius 3 is 1.17 bits per heavy atom. The molecule has 0 amide bonds. The lowest BCUT2D eigenvalue weighted by Crippen LogP contribution is -2.32. The second-order valence-electron chi connectivity index (χ2n) is 35.0. The maximum Gasteiger partial charge on any atom is 0.0347 e. The second-order valence-corrected chi connectivity index (χ2v) is 35.0. The van der Waals surface area contributed by atoms with Gasteiger partial charge in [-0.1, -0.05) is 328 Å². The van der Waals surface area contributed by atoms with Gasteiger partial charge in [0.25, 0.3) is 0 Å². The SMILES string of the molecule is [2H]C(C)(C)c1cc(C(C)(C)C)cc(C([2H])(C)C)c1C.[2H]C(C)(C)c1cc(C(C)(C)C)ccc1C.[2H]C([2H])([2H])C([2H])(C)c1cc(C([2H])(C)C([2H])([2H])[2H])c(C)c(C([2H])(C)C([2H])([2H])[2H])c1.[2H]C([2H])([2H])C([2H])(C)c1ccc(C)c(C([2H])(C)C([2H])([2H])[2H])c1.[2H]C([2H])([2H])c1cc(C)cc(C)c1C.[2H]C([2H])([2H])c1cc(C)ccc1C.[2H]C1(C)CC(C)(C)CC(C)(C)C1.[2H]C1(C)CCC2(CCCCC2)CC1. The first-order chi connectivity index (χ1) is 58.5. The van der Waals surface area contributed by atoms with E-state index in [0.29, 0.717) is 32.9 Å². The summed E-state index contributed by atoms with van der Waals surface area (Å²) in [6, 6.07) is 26.8. The molecule has 3 fully saturated rings. The molecule has 6 aromatic rings. The van der Waals surface area contributed by atoms with E-state index in [4.69, 9.17) is 42.5 Å². The summed E-state index contributed by atoms with van der Waals surface area (Å²) < 4.78 is 240. The third-order valence-electron chi connectivity index (χ3n) is 20.5. The van der Waals surface area contributed by atoms with Crippen molar-refractivity contribution in [2.75, 3.05) is 0 Å². The first-order valence-electron chi connectivity index (χ1n) is 53.2. The molecule has 574 valence electrons. The molecule has 0 heterocycles. The van der Waals surface area contributed by atoms with Crippen LogP contribution in [0.3, 0.4) is 0 Å². The van der Waals surface area contributed by atoms with Crippen molar-refractivity contribution >= 4 is 0 Å². The van der Waals surface area contributed by atoms with Crippen molar-refractivity contribution < 1.29 is 42.5 Å². The van der Waals surface area contributed by atoms with E-state index in [1.54, 1.807) is 25.1 Å². The smallest absolute Gasteiger partial charge is 0.0347 e. The van der Waals surface area contributed by atoms with Crippen LogP contribution >= 0.6 is 0 Å². The van der Waals surface area contributed by atoms with Crippen molar-refractivity contribution in [1.82, 2.24) is 0 Å². The third kappa shape index (κ3) is 31.4. The van der Waals surface area contributed by atoms with Gasteiger partial charge in [-0.3, -0.25) is 0 Å². The molecule has 0 aliphatic heterocycles. The molecule has 0 N–H and O–H groups in total. The normalized spacial score (nSPS) is 24.9. The van der Waals surface area contributed by atoms with Gasteiger partial charge in [0.1, 0.15) is 0 Å². The van der Waals surface area contributed by atoms with Crippen LogP contribution in [0.15, 0.2) is 91.0 Å². The monoisotopic (exact) mass is 1420 g/mol. The lowest BCUT2D eigenvalue weighted by molar-refractivity contribution is 0.0754. The van der Waals surface area contributed by atoms with Crippen LogP contribution in [-0.2, 0) is 10.8 Å². The summed E-state index contributed by atoms with van der Waals surface area (Å²) in [5, 5.41) is 0. The first kappa shape index (κ1) is 54.0. The Labute approximate surface area is 680 Å². The Balaban J connectivity index is 0.000000523. The quantitative estimate of drug-likeness (QED) is 0.142. The minimum Gasteiger partial charge on any atom is -0.0625 e. The van der Waals surface area contributed by atoms with Gasteiger partial charge in [-0.15, -0.1) is 0 Å². The lowest BCUT2D eigenvalue weighted by atomic mass is 9.62. The zero-order valence-electron chi connectivity index (χ0n) is 102. The molecule has 0 bridgehead atoms. The topological polar surface area (TPSA) is 0 Å².